The Labute approximate surface area is 163 Å². The van der Waals surface area contributed by atoms with Gasteiger partial charge in [0.25, 0.3) is 5.91 Å². The molecule has 1 amide bonds. The first-order chi connectivity index (χ1) is 13.2. The van der Waals surface area contributed by atoms with Gasteiger partial charge in [0.05, 0.1) is 11.9 Å². The van der Waals surface area contributed by atoms with Crippen molar-refractivity contribution >= 4 is 28.9 Å². The van der Waals surface area contributed by atoms with Crippen molar-refractivity contribution in [2.45, 2.75) is 19.4 Å². The zero-order valence-electron chi connectivity index (χ0n) is 14.9. The molecule has 0 unspecified atom stereocenters. The maximum Gasteiger partial charge on any atom is 0.270 e. The molecule has 2 heterocycles. The molecule has 0 spiro atoms. The van der Waals surface area contributed by atoms with Gasteiger partial charge < -0.3 is 10.2 Å². The molecular formula is C22H20ClN3O. The van der Waals surface area contributed by atoms with E-state index >= 15 is 0 Å². The molecule has 136 valence electrons. The van der Waals surface area contributed by atoms with Crippen molar-refractivity contribution in [3.05, 3.63) is 88.7 Å². The third-order valence-electron chi connectivity index (χ3n) is 4.80. The van der Waals surface area contributed by atoms with Crippen LogP contribution in [0.4, 0.5) is 11.4 Å². The van der Waals surface area contributed by atoms with Crippen LogP contribution in [0.25, 0.3) is 0 Å². The minimum Gasteiger partial charge on any atom is -0.347 e. The lowest BCUT2D eigenvalue weighted by atomic mass is 10.0. The normalized spacial score (nSPS) is 13.1. The van der Waals surface area contributed by atoms with Crippen LogP contribution in [0.3, 0.4) is 0 Å². The van der Waals surface area contributed by atoms with Crippen molar-refractivity contribution in [2.24, 2.45) is 0 Å². The quantitative estimate of drug-likeness (QED) is 0.713. The molecule has 4 rings (SSSR count). The third-order valence-corrected chi connectivity index (χ3v) is 5.17. The molecule has 0 saturated carbocycles. The number of hydrogen-bond donors (Lipinski definition) is 1. The summed E-state index contributed by atoms with van der Waals surface area (Å²) in [6, 6.07) is 19.6. The molecule has 0 bridgehead atoms. The molecule has 0 atom stereocenters. The zero-order valence-corrected chi connectivity index (χ0v) is 15.6. The van der Waals surface area contributed by atoms with E-state index in [1.807, 2.05) is 30.3 Å². The molecule has 0 saturated heterocycles. The second kappa shape index (κ2) is 7.80. The van der Waals surface area contributed by atoms with Crippen LogP contribution in [0, 0.1) is 0 Å². The molecule has 2 aromatic carbocycles. The van der Waals surface area contributed by atoms with Crippen molar-refractivity contribution in [3.8, 4) is 0 Å². The number of amides is 1. The SMILES string of the molecule is O=C(NCc1ccccc1Cl)c1ccc(N2CCCc3ccccc32)cn1. The van der Waals surface area contributed by atoms with Crippen molar-refractivity contribution < 1.29 is 4.79 Å². The van der Waals surface area contributed by atoms with Crippen molar-refractivity contribution in [2.75, 3.05) is 11.4 Å². The van der Waals surface area contributed by atoms with Gasteiger partial charge in [-0.25, -0.2) is 4.98 Å². The Hall–Kier alpha value is -2.85. The fraction of sp³-hybridized carbons (Fsp3) is 0.182. The summed E-state index contributed by atoms with van der Waals surface area (Å²) in [5.74, 6) is -0.208. The van der Waals surface area contributed by atoms with Crippen LogP contribution in [0.15, 0.2) is 66.9 Å². The van der Waals surface area contributed by atoms with Crippen LogP contribution in [0.5, 0.6) is 0 Å². The molecule has 0 fully saturated rings. The van der Waals surface area contributed by atoms with E-state index in [9.17, 15) is 4.79 Å². The molecule has 1 aliphatic heterocycles. The van der Waals surface area contributed by atoms with Crippen molar-refractivity contribution in [3.63, 3.8) is 0 Å². The zero-order chi connectivity index (χ0) is 18.6. The summed E-state index contributed by atoms with van der Waals surface area (Å²) in [5, 5.41) is 3.51. The van der Waals surface area contributed by atoms with E-state index in [2.05, 4.69) is 39.5 Å². The summed E-state index contributed by atoms with van der Waals surface area (Å²) < 4.78 is 0. The van der Waals surface area contributed by atoms with Gasteiger partial charge in [0.1, 0.15) is 5.69 Å². The van der Waals surface area contributed by atoms with Crippen molar-refractivity contribution in [1.82, 2.24) is 10.3 Å². The van der Waals surface area contributed by atoms with E-state index in [0.29, 0.717) is 17.3 Å². The minimum atomic E-state index is -0.208. The van der Waals surface area contributed by atoms with Crippen LogP contribution >= 0.6 is 11.6 Å². The number of hydrogen-bond acceptors (Lipinski definition) is 3. The van der Waals surface area contributed by atoms with Crippen LogP contribution in [0.1, 0.15) is 28.0 Å². The highest BCUT2D eigenvalue weighted by Gasteiger charge is 2.18. The van der Waals surface area contributed by atoms with E-state index in [1.54, 1.807) is 12.3 Å². The minimum absolute atomic E-state index is 0.208. The summed E-state index contributed by atoms with van der Waals surface area (Å²) in [4.78, 5) is 19.0. The predicted molar refractivity (Wildman–Crippen MR) is 109 cm³/mol. The first-order valence-corrected chi connectivity index (χ1v) is 9.43. The van der Waals surface area contributed by atoms with Crippen molar-refractivity contribution in [1.29, 1.82) is 0 Å². The van der Waals surface area contributed by atoms with Gasteiger partial charge in [0.15, 0.2) is 0 Å². The van der Waals surface area contributed by atoms with Crippen LogP contribution in [-0.4, -0.2) is 17.4 Å². The Morgan fingerprint density at radius 2 is 1.89 bits per heavy atom. The number of halogens is 1. The van der Waals surface area contributed by atoms with E-state index in [-0.39, 0.29) is 5.91 Å². The van der Waals surface area contributed by atoms with Gasteiger partial charge >= 0.3 is 0 Å². The number of nitrogens with one attached hydrogen (secondary N) is 1. The first kappa shape index (κ1) is 17.6. The maximum absolute atomic E-state index is 12.4. The highest BCUT2D eigenvalue weighted by Crippen LogP contribution is 2.32. The Bertz CT molecular complexity index is 956. The number of rotatable bonds is 4. The highest BCUT2D eigenvalue weighted by atomic mass is 35.5. The Morgan fingerprint density at radius 3 is 2.70 bits per heavy atom. The number of anilines is 2. The summed E-state index contributed by atoms with van der Waals surface area (Å²) >= 11 is 6.13. The van der Waals surface area contributed by atoms with E-state index < -0.39 is 0 Å². The number of aromatic nitrogens is 1. The molecule has 1 N–H and O–H groups in total. The molecule has 3 aromatic rings. The fourth-order valence-electron chi connectivity index (χ4n) is 3.39. The molecule has 0 aliphatic carbocycles. The number of carbonyl (C=O) groups excluding carboxylic acids is 1. The lowest BCUT2D eigenvalue weighted by Crippen LogP contribution is -2.26. The lowest BCUT2D eigenvalue weighted by molar-refractivity contribution is 0.0946. The predicted octanol–water partition coefficient (Wildman–Crippen LogP) is 4.75. The largest absolute Gasteiger partial charge is 0.347 e. The molecule has 4 nitrogen and oxygen atoms in total. The standard InChI is InChI=1S/C22H20ClN3O/c23-19-9-3-1-7-17(19)14-25-22(27)20-12-11-18(15-24-20)26-13-5-8-16-6-2-4-10-21(16)26/h1-4,6-7,9-12,15H,5,8,13-14H2,(H,25,27). The molecule has 27 heavy (non-hydrogen) atoms. The summed E-state index contributed by atoms with van der Waals surface area (Å²) in [5.41, 5.74) is 4.86. The van der Waals surface area contributed by atoms with Gasteiger partial charge in [-0.3, -0.25) is 4.79 Å². The number of benzene rings is 2. The van der Waals surface area contributed by atoms with Gasteiger partial charge in [0.2, 0.25) is 0 Å². The van der Waals surface area contributed by atoms with Crippen LogP contribution in [0.2, 0.25) is 5.02 Å². The smallest absolute Gasteiger partial charge is 0.270 e. The number of para-hydroxylation sites is 1. The Kier molecular flexibility index (Phi) is 5.07. The summed E-state index contributed by atoms with van der Waals surface area (Å²) in [6.45, 7) is 1.33. The van der Waals surface area contributed by atoms with Gasteiger partial charge in [-0.05, 0) is 48.2 Å². The maximum atomic E-state index is 12.4. The summed E-state index contributed by atoms with van der Waals surface area (Å²) in [7, 11) is 0. The molecule has 1 aromatic heterocycles. The summed E-state index contributed by atoms with van der Waals surface area (Å²) in [6.07, 6.45) is 3.98. The van der Waals surface area contributed by atoms with E-state index in [4.69, 9.17) is 11.6 Å². The highest BCUT2D eigenvalue weighted by molar-refractivity contribution is 6.31. The Morgan fingerprint density at radius 1 is 1.07 bits per heavy atom. The van der Waals surface area contributed by atoms with E-state index in [1.165, 1.54) is 11.3 Å². The molecule has 1 aliphatic rings. The number of pyridine rings is 1. The van der Waals surface area contributed by atoms with Crippen LogP contribution < -0.4 is 10.2 Å². The number of fused-ring (bicyclic) bond motifs is 1. The van der Waals surface area contributed by atoms with Gasteiger partial charge in [-0.2, -0.15) is 0 Å². The monoisotopic (exact) mass is 377 g/mol. The second-order valence-corrected chi connectivity index (χ2v) is 6.97. The Balaban J connectivity index is 1.46. The average molecular weight is 378 g/mol. The second-order valence-electron chi connectivity index (χ2n) is 6.56. The average Bonchev–Trinajstić information content (AvgIpc) is 2.73. The topological polar surface area (TPSA) is 45.2 Å². The van der Waals surface area contributed by atoms with Gasteiger partial charge in [0, 0.05) is 23.8 Å². The number of aryl methyl sites for hydroxylation is 1. The fourth-order valence-corrected chi connectivity index (χ4v) is 3.59. The lowest BCUT2D eigenvalue weighted by Gasteiger charge is -2.31. The third kappa shape index (κ3) is 3.81. The number of carbonyl (C=O) groups is 1. The van der Waals surface area contributed by atoms with Crippen LogP contribution in [-0.2, 0) is 13.0 Å². The molecule has 5 heteroatoms. The first-order valence-electron chi connectivity index (χ1n) is 9.05. The van der Waals surface area contributed by atoms with E-state index in [0.717, 1.165) is 30.6 Å². The van der Waals surface area contributed by atoms with Gasteiger partial charge in [-0.15, -0.1) is 0 Å². The number of nitrogens with zero attached hydrogens (tertiary/aromatic N) is 2. The van der Waals surface area contributed by atoms with Gasteiger partial charge in [-0.1, -0.05) is 48.0 Å². The molecular weight excluding hydrogens is 358 g/mol. The molecule has 0 radical (unpaired) electrons.